The predicted molar refractivity (Wildman–Crippen MR) is 77.2 cm³/mol. The van der Waals surface area contributed by atoms with Crippen LogP contribution < -0.4 is 0 Å². The topological polar surface area (TPSA) is 40.5 Å². The molecule has 1 atom stereocenters. The number of likely N-dealkylation sites (tertiary alicyclic amines) is 1. The second-order valence-corrected chi connectivity index (χ2v) is 8.44. The fraction of sp³-hybridized carbons (Fsp3) is 0.938. The third-order valence-electron chi connectivity index (χ3n) is 5.13. The van der Waals surface area contributed by atoms with E-state index in [4.69, 9.17) is 0 Å². The summed E-state index contributed by atoms with van der Waals surface area (Å²) in [5, 5.41) is 9.59. The van der Waals surface area contributed by atoms with E-state index in [0.29, 0.717) is 16.9 Å². The zero-order valence-electron chi connectivity index (χ0n) is 13.1. The van der Waals surface area contributed by atoms with Gasteiger partial charge in [0.05, 0.1) is 0 Å². The Bertz CT molecular complexity index is 359. The molecule has 110 valence electrons. The molecule has 1 heterocycles. The molecule has 0 aromatic carbocycles. The molecule has 0 bridgehead atoms. The third-order valence-corrected chi connectivity index (χ3v) is 5.13. The Morgan fingerprint density at radius 2 is 1.63 bits per heavy atom. The molecule has 0 aromatic heterocycles. The summed E-state index contributed by atoms with van der Waals surface area (Å²) in [7, 11) is 0. The minimum atomic E-state index is -0.647. The van der Waals surface area contributed by atoms with E-state index >= 15 is 0 Å². The van der Waals surface area contributed by atoms with Crippen molar-refractivity contribution in [2.75, 3.05) is 6.54 Å². The summed E-state index contributed by atoms with van der Waals surface area (Å²) >= 11 is 0. The van der Waals surface area contributed by atoms with Gasteiger partial charge in [0.25, 0.3) is 0 Å². The third kappa shape index (κ3) is 2.81. The molecule has 0 radical (unpaired) electrons. The molecule has 1 N–H and O–H groups in total. The molecule has 19 heavy (non-hydrogen) atoms. The molecule has 3 nitrogen and oxygen atoms in total. The first-order valence-electron chi connectivity index (χ1n) is 7.56. The van der Waals surface area contributed by atoms with E-state index in [1.165, 1.54) is 6.42 Å². The molecule has 1 unspecified atom stereocenters. The van der Waals surface area contributed by atoms with Gasteiger partial charge >= 0.3 is 5.97 Å². The smallest absolute Gasteiger partial charge is 0.323 e. The Kier molecular flexibility index (Phi) is 3.49. The summed E-state index contributed by atoms with van der Waals surface area (Å²) in [5.74, 6) is -0.647. The highest BCUT2D eigenvalue weighted by Gasteiger charge is 2.50. The summed E-state index contributed by atoms with van der Waals surface area (Å²) in [6, 6.07) is 0.419. The van der Waals surface area contributed by atoms with Crippen molar-refractivity contribution in [1.82, 2.24) is 4.90 Å². The normalized spacial score (nSPS) is 35.4. The van der Waals surface area contributed by atoms with Crippen molar-refractivity contribution in [3.63, 3.8) is 0 Å². The monoisotopic (exact) mass is 267 g/mol. The zero-order valence-corrected chi connectivity index (χ0v) is 13.1. The molecule has 2 fully saturated rings. The number of hydrogen-bond donors (Lipinski definition) is 1. The van der Waals surface area contributed by atoms with Gasteiger partial charge in [-0.1, -0.05) is 27.7 Å². The number of carbonyl (C=O) groups is 1. The number of rotatable bonds is 2. The second-order valence-electron chi connectivity index (χ2n) is 8.44. The van der Waals surface area contributed by atoms with Gasteiger partial charge in [-0.3, -0.25) is 9.69 Å². The van der Waals surface area contributed by atoms with Gasteiger partial charge in [0.2, 0.25) is 0 Å². The van der Waals surface area contributed by atoms with Crippen LogP contribution in [0.4, 0.5) is 0 Å². The lowest BCUT2D eigenvalue weighted by atomic mass is 9.63. The maximum atomic E-state index is 11.7. The van der Waals surface area contributed by atoms with Crippen LogP contribution in [0.1, 0.15) is 66.7 Å². The Balaban J connectivity index is 2.23. The van der Waals surface area contributed by atoms with Crippen LogP contribution in [0.15, 0.2) is 0 Å². The lowest BCUT2D eigenvalue weighted by molar-refractivity contribution is -0.151. The molecule has 1 aliphatic carbocycles. The van der Waals surface area contributed by atoms with Gasteiger partial charge in [0, 0.05) is 6.04 Å². The first kappa shape index (κ1) is 14.8. The molecular weight excluding hydrogens is 238 g/mol. The van der Waals surface area contributed by atoms with Crippen molar-refractivity contribution in [3.05, 3.63) is 0 Å². The van der Waals surface area contributed by atoms with E-state index < -0.39 is 11.5 Å². The van der Waals surface area contributed by atoms with E-state index in [0.717, 1.165) is 32.2 Å². The van der Waals surface area contributed by atoms with Crippen molar-refractivity contribution in [1.29, 1.82) is 0 Å². The molecule has 2 aliphatic rings. The van der Waals surface area contributed by atoms with Crippen molar-refractivity contribution < 1.29 is 9.90 Å². The first-order valence-corrected chi connectivity index (χ1v) is 7.56. The zero-order chi connectivity index (χ0) is 14.5. The van der Waals surface area contributed by atoms with Crippen LogP contribution in [0.3, 0.4) is 0 Å². The maximum Gasteiger partial charge on any atom is 0.323 e. The largest absolute Gasteiger partial charge is 0.480 e. The minimum Gasteiger partial charge on any atom is -0.480 e. The van der Waals surface area contributed by atoms with E-state index in [2.05, 4.69) is 32.6 Å². The van der Waals surface area contributed by atoms with Crippen LogP contribution in [0.25, 0.3) is 0 Å². The quantitative estimate of drug-likeness (QED) is 0.832. The predicted octanol–water partition coefficient (Wildman–Crippen LogP) is 3.53. The summed E-state index contributed by atoms with van der Waals surface area (Å²) in [4.78, 5) is 13.9. The minimum absolute atomic E-state index is 0.314. The lowest BCUT2D eigenvalue weighted by Crippen LogP contribution is -2.56. The molecule has 0 spiro atoms. The van der Waals surface area contributed by atoms with Crippen molar-refractivity contribution in [2.24, 2.45) is 10.8 Å². The fourth-order valence-corrected chi connectivity index (χ4v) is 4.81. The van der Waals surface area contributed by atoms with Gasteiger partial charge in [-0.05, 0) is 56.4 Å². The maximum absolute atomic E-state index is 11.7. The van der Waals surface area contributed by atoms with Crippen molar-refractivity contribution >= 4 is 5.97 Å². The molecule has 1 saturated carbocycles. The summed E-state index contributed by atoms with van der Waals surface area (Å²) in [6.45, 7) is 12.2. The van der Waals surface area contributed by atoms with Crippen LogP contribution in [-0.4, -0.2) is 34.1 Å². The van der Waals surface area contributed by atoms with Gasteiger partial charge in [-0.25, -0.2) is 0 Å². The van der Waals surface area contributed by atoms with Gasteiger partial charge < -0.3 is 5.11 Å². The summed E-state index contributed by atoms with van der Waals surface area (Å²) in [6.07, 6.45) is 5.28. The van der Waals surface area contributed by atoms with Gasteiger partial charge in [0.15, 0.2) is 0 Å². The first-order chi connectivity index (χ1) is 8.56. The second kappa shape index (κ2) is 4.47. The van der Waals surface area contributed by atoms with Crippen molar-refractivity contribution in [2.45, 2.75) is 78.3 Å². The van der Waals surface area contributed by atoms with Gasteiger partial charge in [-0.2, -0.15) is 0 Å². The highest BCUT2D eigenvalue weighted by molar-refractivity contribution is 5.78. The number of aliphatic carboxylic acids is 1. The lowest BCUT2D eigenvalue weighted by Gasteiger charge is -2.50. The van der Waals surface area contributed by atoms with Crippen LogP contribution in [0.5, 0.6) is 0 Å². The number of carboxylic acids is 1. The summed E-state index contributed by atoms with van der Waals surface area (Å²) < 4.78 is 0. The fourth-order valence-electron chi connectivity index (χ4n) is 4.81. The van der Waals surface area contributed by atoms with Crippen LogP contribution >= 0.6 is 0 Å². The summed E-state index contributed by atoms with van der Waals surface area (Å²) in [5.41, 5.74) is -0.0169. The molecular formula is C16H29NO2. The molecule has 0 aromatic rings. The highest BCUT2D eigenvalue weighted by Crippen LogP contribution is 2.49. The average molecular weight is 267 g/mol. The Morgan fingerprint density at radius 1 is 1.11 bits per heavy atom. The number of hydrogen-bond acceptors (Lipinski definition) is 2. The van der Waals surface area contributed by atoms with E-state index in [-0.39, 0.29) is 0 Å². The Morgan fingerprint density at radius 3 is 2.11 bits per heavy atom. The van der Waals surface area contributed by atoms with Crippen LogP contribution in [0, 0.1) is 10.8 Å². The molecule has 1 aliphatic heterocycles. The van der Waals surface area contributed by atoms with E-state index in [9.17, 15) is 9.90 Å². The number of nitrogens with zero attached hydrogens (tertiary/aromatic N) is 1. The van der Waals surface area contributed by atoms with Crippen LogP contribution in [0.2, 0.25) is 0 Å². The number of carboxylic acid groups (broad SMARTS) is 1. The molecule has 2 rings (SSSR count). The molecule has 1 saturated heterocycles. The standard InChI is InChI=1S/C16H29NO2/c1-14(2)9-12(10-15(3,4)11-14)17-8-6-7-16(17,5)13(18)19/h12H,6-11H2,1-5H3,(H,18,19). The van der Waals surface area contributed by atoms with E-state index in [1.807, 2.05) is 6.92 Å². The highest BCUT2D eigenvalue weighted by atomic mass is 16.4. The van der Waals surface area contributed by atoms with Gasteiger partial charge in [-0.15, -0.1) is 0 Å². The Hall–Kier alpha value is -0.570. The Labute approximate surface area is 117 Å². The van der Waals surface area contributed by atoms with Crippen molar-refractivity contribution in [3.8, 4) is 0 Å². The molecule has 0 amide bonds. The van der Waals surface area contributed by atoms with Gasteiger partial charge in [0.1, 0.15) is 5.54 Å². The average Bonchev–Trinajstić information content (AvgIpc) is 2.56. The van der Waals surface area contributed by atoms with Crippen LogP contribution in [-0.2, 0) is 4.79 Å². The SMILES string of the molecule is CC1(C)CC(N2CCCC2(C)C(=O)O)CC(C)(C)C1. The van der Waals surface area contributed by atoms with E-state index in [1.54, 1.807) is 0 Å². The molecule has 3 heteroatoms.